The standard InChI is InChI=1S/C13H13F2NO.ClH/c14-12(15)7-10(16)13-9-4-2-1-3-8(9)5-6-11(13)17;/h1-6,10,12,17H,7,16H2;1H/t10-;/m1./s1. The zero-order chi connectivity index (χ0) is 12.4. The summed E-state index contributed by atoms with van der Waals surface area (Å²) in [6.07, 6.45) is -2.94. The molecular formula is C13H14ClF2NO. The molecular weight excluding hydrogens is 260 g/mol. The van der Waals surface area contributed by atoms with Crippen LogP contribution < -0.4 is 5.73 Å². The Morgan fingerprint density at radius 3 is 2.44 bits per heavy atom. The summed E-state index contributed by atoms with van der Waals surface area (Å²) in [5.74, 6) is -0.0307. The Balaban J connectivity index is 0.00000162. The molecule has 2 nitrogen and oxygen atoms in total. The number of nitrogens with two attached hydrogens (primary N) is 1. The van der Waals surface area contributed by atoms with Crippen LogP contribution in [0.3, 0.4) is 0 Å². The van der Waals surface area contributed by atoms with Crippen LogP contribution in [-0.2, 0) is 0 Å². The first-order valence-electron chi connectivity index (χ1n) is 5.34. The summed E-state index contributed by atoms with van der Waals surface area (Å²) >= 11 is 0. The van der Waals surface area contributed by atoms with Crippen molar-refractivity contribution in [2.75, 3.05) is 0 Å². The number of aromatic hydroxyl groups is 1. The zero-order valence-electron chi connectivity index (χ0n) is 9.51. The van der Waals surface area contributed by atoms with Crippen molar-refractivity contribution in [3.63, 3.8) is 0 Å². The molecule has 0 amide bonds. The Hall–Kier alpha value is -1.39. The molecule has 0 saturated heterocycles. The predicted molar refractivity (Wildman–Crippen MR) is 70.4 cm³/mol. The summed E-state index contributed by atoms with van der Waals surface area (Å²) < 4.78 is 24.7. The topological polar surface area (TPSA) is 46.2 Å². The molecule has 0 aromatic heterocycles. The molecule has 2 aromatic rings. The van der Waals surface area contributed by atoms with Crippen molar-refractivity contribution < 1.29 is 13.9 Å². The number of rotatable bonds is 3. The number of hydrogen-bond acceptors (Lipinski definition) is 2. The van der Waals surface area contributed by atoms with Crippen LogP contribution in [0.5, 0.6) is 5.75 Å². The molecule has 0 radical (unpaired) electrons. The summed E-state index contributed by atoms with van der Waals surface area (Å²) in [6, 6.07) is 9.64. The van der Waals surface area contributed by atoms with Crippen LogP contribution in [0, 0.1) is 0 Å². The van der Waals surface area contributed by atoms with Crippen molar-refractivity contribution in [3.05, 3.63) is 42.0 Å². The minimum absolute atomic E-state index is 0. The average molecular weight is 274 g/mol. The fourth-order valence-corrected chi connectivity index (χ4v) is 1.98. The van der Waals surface area contributed by atoms with E-state index in [0.717, 1.165) is 10.8 Å². The first-order valence-corrected chi connectivity index (χ1v) is 5.34. The third-order valence-electron chi connectivity index (χ3n) is 2.75. The van der Waals surface area contributed by atoms with Crippen LogP contribution in [0.4, 0.5) is 8.78 Å². The van der Waals surface area contributed by atoms with Crippen molar-refractivity contribution in [3.8, 4) is 5.75 Å². The fraction of sp³-hybridized carbons (Fsp3) is 0.231. The molecule has 5 heteroatoms. The van der Waals surface area contributed by atoms with Gasteiger partial charge in [0.2, 0.25) is 6.43 Å². The maximum Gasteiger partial charge on any atom is 0.240 e. The molecule has 18 heavy (non-hydrogen) atoms. The van der Waals surface area contributed by atoms with Crippen LogP contribution in [0.1, 0.15) is 18.0 Å². The van der Waals surface area contributed by atoms with Gasteiger partial charge in [0, 0.05) is 18.0 Å². The highest BCUT2D eigenvalue weighted by Crippen LogP contribution is 2.33. The monoisotopic (exact) mass is 273 g/mol. The number of phenolic OH excluding ortho intramolecular Hbond substituents is 1. The first kappa shape index (κ1) is 14.7. The van der Waals surface area contributed by atoms with Gasteiger partial charge in [-0.15, -0.1) is 12.4 Å². The van der Waals surface area contributed by atoms with Gasteiger partial charge in [-0.2, -0.15) is 0 Å². The van der Waals surface area contributed by atoms with E-state index in [9.17, 15) is 13.9 Å². The predicted octanol–water partition coefficient (Wildman–Crippen LogP) is 3.62. The summed E-state index contributed by atoms with van der Waals surface area (Å²) in [4.78, 5) is 0. The zero-order valence-corrected chi connectivity index (χ0v) is 10.3. The van der Waals surface area contributed by atoms with E-state index in [2.05, 4.69) is 0 Å². The molecule has 3 N–H and O–H groups in total. The van der Waals surface area contributed by atoms with Gasteiger partial charge in [0.25, 0.3) is 0 Å². The summed E-state index contributed by atoms with van der Waals surface area (Å²) in [6.45, 7) is 0. The van der Waals surface area contributed by atoms with Gasteiger partial charge >= 0.3 is 0 Å². The van der Waals surface area contributed by atoms with Crippen molar-refractivity contribution in [2.45, 2.75) is 18.9 Å². The molecule has 1 atom stereocenters. The molecule has 0 fully saturated rings. The van der Waals surface area contributed by atoms with E-state index in [1.54, 1.807) is 18.2 Å². The summed E-state index contributed by atoms with van der Waals surface area (Å²) in [5.41, 5.74) is 6.11. The molecule has 0 aliphatic rings. The van der Waals surface area contributed by atoms with E-state index in [4.69, 9.17) is 5.73 Å². The molecule has 0 aliphatic carbocycles. The third kappa shape index (κ3) is 2.89. The Kier molecular flexibility index (Phi) is 4.87. The van der Waals surface area contributed by atoms with Gasteiger partial charge in [-0.3, -0.25) is 0 Å². The lowest BCUT2D eigenvalue weighted by Crippen LogP contribution is -2.14. The van der Waals surface area contributed by atoms with Crippen LogP contribution in [-0.4, -0.2) is 11.5 Å². The lowest BCUT2D eigenvalue weighted by Gasteiger charge is -2.15. The second-order valence-corrected chi connectivity index (χ2v) is 3.95. The quantitative estimate of drug-likeness (QED) is 0.897. The number of halogens is 3. The maximum absolute atomic E-state index is 12.3. The Morgan fingerprint density at radius 1 is 1.11 bits per heavy atom. The number of hydrogen-bond donors (Lipinski definition) is 2. The van der Waals surface area contributed by atoms with E-state index in [1.807, 2.05) is 12.1 Å². The Bertz CT molecular complexity index is 533. The second-order valence-electron chi connectivity index (χ2n) is 3.95. The van der Waals surface area contributed by atoms with Gasteiger partial charge in [0.15, 0.2) is 0 Å². The lowest BCUT2D eigenvalue weighted by atomic mass is 9.96. The van der Waals surface area contributed by atoms with E-state index in [-0.39, 0.29) is 18.2 Å². The van der Waals surface area contributed by atoms with E-state index >= 15 is 0 Å². The summed E-state index contributed by atoms with van der Waals surface area (Å²) in [7, 11) is 0. The SMILES string of the molecule is Cl.N[C@H](CC(F)F)c1c(O)ccc2ccccc12. The smallest absolute Gasteiger partial charge is 0.240 e. The van der Waals surface area contributed by atoms with Gasteiger partial charge < -0.3 is 10.8 Å². The molecule has 0 unspecified atom stereocenters. The van der Waals surface area contributed by atoms with E-state index < -0.39 is 18.9 Å². The van der Waals surface area contributed by atoms with E-state index in [1.165, 1.54) is 6.07 Å². The highest BCUT2D eigenvalue weighted by atomic mass is 35.5. The molecule has 98 valence electrons. The minimum Gasteiger partial charge on any atom is -0.508 e. The van der Waals surface area contributed by atoms with Crippen LogP contribution in [0.15, 0.2) is 36.4 Å². The third-order valence-corrected chi connectivity index (χ3v) is 2.75. The van der Waals surface area contributed by atoms with Gasteiger partial charge in [-0.1, -0.05) is 30.3 Å². The molecule has 2 aromatic carbocycles. The maximum atomic E-state index is 12.3. The minimum atomic E-state index is -2.48. The second kappa shape index (κ2) is 5.98. The summed E-state index contributed by atoms with van der Waals surface area (Å²) in [5, 5.41) is 11.4. The molecule has 0 spiro atoms. The van der Waals surface area contributed by atoms with Gasteiger partial charge in [-0.05, 0) is 16.8 Å². The first-order chi connectivity index (χ1) is 8.09. The largest absolute Gasteiger partial charge is 0.508 e. The van der Waals surface area contributed by atoms with Gasteiger partial charge in [0.1, 0.15) is 5.75 Å². The Morgan fingerprint density at radius 2 is 1.78 bits per heavy atom. The molecule has 0 heterocycles. The molecule has 0 aliphatic heterocycles. The van der Waals surface area contributed by atoms with Crippen LogP contribution in [0.25, 0.3) is 10.8 Å². The number of alkyl halides is 2. The average Bonchev–Trinajstić information content (AvgIpc) is 2.27. The normalized spacial score (nSPS) is 12.4. The number of benzene rings is 2. The number of fused-ring (bicyclic) bond motifs is 1. The lowest BCUT2D eigenvalue weighted by molar-refractivity contribution is 0.128. The molecule has 2 rings (SSSR count). The molecule has 0 saturated carbocycles. The van der Waals surface area contributed by atoms with Crippen molar-refractivity contribution >= 4 is 23.2 Å². The van der Waals surface area contributed by atoms with Gasteiger partial charge in [-0.25, -0.2) is 8.78 Å². The van der Waals surface area contributed by atoms with Crippen LogP contribution >= 0.6 is 12.4 Å². The Labute approximate surface area is 110 Å². The number of phenols is 1. The van der Waals surface area contributed by atoms with Crippen molar-refractivity contribution in [1.82, 2.24) is 0 Å². The van der Waals surface area contributed by atoms with E-state index in [0.29, 0.717) is 5.56 Å². The highest BCUT2D eigenvalue weighted by Gasteiger charge is 2.18. The molecule has 0 bridgehead atoms. The van der Waals surface area contributed by atoms with Crippen molar-refractivity contribution in [2.24, 2.45) is 5.73 Å². The van der Waals surface area contributed by atoms with Gasteiger partial charge in [0.05, 0.1) is 0 Å². The van der Waals surface area contributed by atoms with Crippen molar-refractivity contribution in [1.29, 1.82) is 0 Å². The highest BCUT2D eigenvalue weighted by molar-refractivity contribution is 5.88. The van der Waals surface area contributed by atoms with Crippen LogP contribution in [0.2, 0.25) is 0 Å². The fourth-order valence-electron chi connectivity index (χ4n) is 1.98.